The average molecular weight is 282 g/mol. The van der Waals surface area contributed by atoms with Crippen molar-refractivity contribution in [2.24, 2.45) is 10.9 Å². The zero-order valence-corrected chi connectivity index (χ0v) is 9.66. The minimum Gasteiger partial charge on any atom is -0.409 e. The van der Waals surface area contributed by atoms with Crippen LogP contribution in [0.25, 0.3) is 5.69 Å². The molecule has 0 amide bonds. The Morgan fingerprint density at radius 1 is 1.50 bits per heavy atom. The number of amidine groups is 1. The Hall–Kier alpha value is -1.89. The van der Waals surface area contributed by atoms with Gasteiger partial charge in [0.25, 0.3) is 0 Å². The molecule has 16 heavy (non-hydrogen) atoms. The van der Waals surface area contributed by atoms with Crippen LogP contribution < -0.4 is 5.73 Å². The van der Waals surface area contributed by atoms with Gasteiger partial charge in [0.1, 0.15) is 0 Å². The van der Waals surface area contributed by atoms with Crippen molar-refractivity contribution in [3.05, 3.63) is 41.2 Å². The first-order valence-electron chi connectivity index (χ1n) is 4.35. The van der Waals surface area contributed by atoms with Gasteiger partial charge < -0.3 is 10.9 Å². The summed E-state index contributed by atoms with van der Waals surface area (Å²) in [6.07, 6.45) is 6.59. The second kappa shape index (κ2) is 4.31. The summed E-state index contributed by atoms with van der Waals surface area (Å²) in [7, 11) is 0. The van der Waals surface area contributed by atoms with E-state index in [2.05, 4.69) is 31.1 Å². The molecule has 0 atom stereocenters. The highest BCUT2D eigenvalue weighted by Crippen LogP contribution is 2.20. The lowest BCUT2D eigenvalue weighted by atomic mass is 10.4. The first-order chi connectivity index (χ1) is 7.74. The Kier molecular flexibility index (Phi) is 2.86. The zero-order valence-electron chi connectivity index (χ0n) is 8.08. The van der Waals surface area contributed by atoms with E-state index >= 15 is 0 Å². The molecule has 7 heteroatoms. The van der Waals surface area contributed by atoms with E-state index in [-0.39, 0.29) is 5.84 Å². The van der Waals surface area contributed by atoms with Crippen LogP contribution in [0.3, 0.4) is 0 Å². The summed E-state index contributed by atoms with van der Waals surface area (Å²) >= 11 is 3.37. The molecule has 0 saturated heterocycles. The maximum atomic E-state index is 8.63. The van der Waals surface area contributed by atoms with E-state index in [1.807, 2.05) is 0 Å². The monoisotopic (exact) mass is 281 g/mol. The summed E-state index contributed by atoms with van der Waals surface area (Å²) in [6.45, 7) is 0. The molecule has 2 heterocycles. The van der Waals surface area contributed by atoms with Crippen LogP contribution in [0, 0.1) is 0 Å². The number of nitrogens with zero attached hydrogens (tertiary/aromatic N) is 4. The van der Waals surface area contributed by atoms with Crippen LogP contribution in [0.15, 0.2) is 40.5 Å². The highest BCUT2D eigenvalue weighted by atomic mass is 79.9. The molecular weight excluding hydrogens is 274 g/mol. The number of aromatic nitrogens is 3. The van der Waals surface area contributed by atoms with Gasteiger partial charge in [0, 0.05) is 24.8 Å². The van der Waals surface area contributed by atoms with E-state index in [0.29, 0.717) is 5.82 Å². The fourth-order valence-corrected chi connectivity index (χ4v) is 1.74. The number of pyridine rings is 1. The van der Waals surface area contributed by atoms with Crippen LogP contribution in [0.1, 0.15) is 5.82 Å². The molecule has 0 saturated carbocycles. The van der Waals surface area contributed by atoms with Gasteiger partial charge in [0.2, 0.25) is 5.84 Å². The van der Waals surface area contributed by atoms with Crippen molar-refractivity contribution in [2.45, 2.75) is 0 Å². The lowest BCUT2D eigenvalue weighted by molar-refractivity contribution is 0.318. The first kappa shape index (κ1) is 10.6. The van der Waals surface area contributed by atoms with Gasteiger partial charge >= 0.3 is 0 Å². The van der Waals surface area contributed by atoms with Crippen LogP contribution in [-0.2, 0) is 0 Å². The molecule has 0 bridgehead atoms. The summed E-state index contributed by atoms with van der Waals surface area (Å²) in [5.74, 6) is 0.322. The molecule has 0 unspecified atom stereocenters. The number of nitrogens with two attached hydrogens (primary N) is 1. The molecule has 0 fully saturated rings. The summed E-state index contributed by atoms with van der Waals surface area (Å²) < 4.78 is 2.49. The maximum absolute atomic E-state index is 8.63. The largest absolute Gasteiger partial charge is 0.409 e. The van der Waals surface area contributed by atoms with Gasteiger partial charge in [-0.05, 0) is 22.0 Å². The average Bonchev–Trinajstić information content (AvgIpc) is 2.77. The fraction of sp³-hybridized carbons (Fsp3) is 0. The minimum atomic E-state index is -0.0475. The molecule has 2 aromatic heterocycles. The Bertz CT molecular complexity index is 536. The van der Waals surface area contributed by atoms with E-state index in [4.69, 9.17) is 10.9 Å². The third-order valence-electron chi connectivity index (χ3n) is 1.99. The standard InChI is InChI=1S/C9H8BrN5O/c10-6-5-12-2-1-7(6)15-4-3-13-9(15)8(11)14-16/h1-5,16H,(H2,11,14). The van der Waals surface area contributed by atoms with E-state index in [1.165, 1.54) is 0 Å². The van der Waals surface area contributed by atoms with Gasteiger partial charge in [-0.15, -0.1) is 0 Å². The Balaban J connectivity index is 2.58. The van der Waals surface area contributed by atoms with Crippen molar-refractivity contribution in [1.29, 1.82) is 0 Å². The van der Waals surface area contributed by atoms with Gasteiger partial charge in [-0.2, -0.15) is 0 Å². The zero-order chi connectivity index (χ0) is 11.5. The smallest absolute Gasteiger partial charge is 0.206 e. The Morgan fingerprint density at radius 3 is 3.00 bits per heavy atom. The molecule has 0 aliphatic heterocycles. The van der Waals surface area contributed by atoms with Crippen LogP contribution in [0.5, 0.6) is 0 Å². The Morgan fingerprint density at radius 2 is 2.31 bits per heavy atom. The highest BCUT2D eigenvalue weighted by Gasteiger charge is 2.11. The van der Waals surface area contributed by atoms with Gasteiger partial charge in [-0.3, -0.25) is 9.55 Å². The lowest BCUT2D eigenvalue weighted by Gasteiger charge is -2.07. The molecule has 2 rings (SSSR count). The molecule has 82 valence electrons. The second-order valence-electron chi connectivity index (χ2n) is 2.93. The third kappa shape index (κ3) is 1.76. The molecule has 0 aliphatic carbocycles. The molecule has 0 aromatic carbocycles. The molecule has 6 nitrogen and oxygen atoms in total. The van der Waals surface area contributed by atoms with E-state index < -0.39 is 0 Å². The van der Waals surface area contributed by atoms with E-state index in [0.717, 1.165) is 10.2 Å². The molecular formula is C9H8BrN5O. The van der Waals surface area contributed by atoms with Crippen molar-refractivity contribution in [3.8, 4) is 5.69 Å². The quantitative estimate of drug-likeness (QED) is 0.374. The molecule has 3 N–H and O–H groups in total. The number of hydrogen-bond acceptors (Lipinski definition) is 4. The van der Waals surface area contributed by atoms with Crippen LogP contribution in [0.4, 0.5) is 0 Å². The fourth-order valence-electron chi connectivity index (χ4n) is 1.30. The summed E-state index contributed by atoms with van der Waals surface area (Å²) in [5, 5.41) is 11.6. The normalized spacial score (nSPS) is 11.7. The minimum absolute atomic E-state index is 0.0475. The number of imidazole rings is 1. The van der Waals surface area contributed by atoms with Crippen molar-refractivity contribution in [1.82, 2.24) is 14.5 Å². The SMILES string of the molecule is N/C(=N/O)c1nccn1-c1ccncc1Br. The highest BCUT2D eigenvalue weighted by molar-refractivity contribution is 9.10. The number of rotatable bonds is 2. The van der Waals surface area contributed by atoms with E-state index in [9.17, 15) is 0 Å². The predicted molar refractivity (Wildman–Crippen MR) is 61.6 cm³/mol. The predicted octanol–water partition coefficient (Wildman–Crippen LogP) is 1.12. The third-order valence-corrected chi connectivity index (χ3v) is 2.60. The van der Waals surface area contributed by atoms with Crippen LogP contribution in [-0.4, -0.2) is 25.6 Å². The summed E-state index contributed by atoms with van der Waals surface area (Å²) in [6, 6.07) is 1.79. The van der Waals surface area contributed by atoms with Crippen molar-refractivity contribution >= 4 is 21.8 Å². The number of hydrogen-bond donors (Lipinski definition) is 2. The molecule has 0 radical (unpaired) electrons. The van der Waals surface area contributed by atoms with Crippen LogP contribution in [0.2, 0.25) is 0 Å². The van der Waals surface area contributed by atoms with Crippen molar-refractivity contribution < 1.29 is 5.21 Å². The number of halogens is 1. The summed E-state index contributed by atoms with van der Waals surface area (Å²) in [4.78, 5) is 7.97. The Labute approximate surface area is 99.6 Å². The second-order valence-corrected chi connectivity index (χ2v) is 3.79. The number of oxime groups is 1. The topological polar surface area (TPSA) is 89.3 Å². The van der Waals surface area contributed by atoms with Crippen molar-refractivity contribution in [3.63, 3.8) is 0 Å². The molecule has 0 spiro atoms. The summed E-state index contributed by atoms with van der Waals surface area (Å²) in [5.41, 5.74) is 6.33. The van der Waals surface area contributed by atoms with Gasteiger partial charge in [0.15, 0.2) is 5.82 Å². The lowest BCUT2D eigenvalue weighted by Crippen LogP contribution is -2.19. The molecule has 2 aromatic rings. The molecule has 0 aliphatic rings. The van der Waals surface area contributed by atoms with Crippen molar-refractivity contribution in [2.75, 3.05) is 0 Å². The first-order valence-corrected chi connectivity index (χ1v) is 5.14. The van der Waals surface area contributed by atoms with Gasteiger partial charge in [0.05, 0.1) is 10.2 Å². The van der Waals surface area contributed by atoms with Crippen LogP contribution >= 0.6 is 15.9 Å². The van der Waals surface area contributed by atoms with Gasteiger partial charge in [-0.25, -0.2) is 4.98 Å². The maximum Gasteiger partial charge on any atom is 0.206 e. The van der Waals surface area contributed by atoms with Gasteiger partial charge in [-0.1, -0.05) is 5.16 Å². The van der Waals surface area contributed by atoms with E-state index in [1.54, 1.807) is 35.4 Å².